The molecule has 1 aromatic heterocycles. The van der Waals surface area contributed by atoms with Gasteiger partial charge < -0.3 is 18.6 Å². The van der Waals surface area contributed by atoms with Crippen molar-refractivity contribution in [1.82, 2.24) is 0 Å². The van der Waals surface area contributed by atoms with E-state index in [0.717, 1.165) is 22.3 Å². The first-order valence-corrected chi connectivity index (χ1v) is 9.92. The summed E-state index contributed by atoms with van der Waals surface area (Å²) < 4.78 is 22.3. The summed E-state index contributed by atoms with van der Waals surface area (Å²) >= 11 is 0. The lowest BCUT2D eigenvalue weighted by atomic mass is 9.90. The summed E-state index contributed by atoms with van der Waals surface area (Å²) in [5, 5.41) is 0.807. The monoisotopic (exact) mass is 408 g/mol. The molecule has 0 aliphatic carbocycles. The number of fused-ring (bicyclic) bond motifs is 2. The van der Waals surface area contributed by atoms with Crippen LogP contribution < -0.4 is 15.1 Å². The minimum Gasteiger partial charge on any atom is -0.497 e. The van der Waals surface area contributed by atoms with Crippen molar-refractivity contribution in [3.05, 3.63) is 70.1 Å². The van der Waals surface area contributed by atoms with Crippen LogP contribution in [0.2, 0.25) is 0 Å². The molecule has 30 heavy (non-hydrogen) atoms. The third-order valence-corrected chi connectivity index (χ3v) is 5.41. The van der Waals surface area contributed by atoms with Gasteiger partial charge in [0.25, 0.3) is 0 Å². The van der Waals surface area contributed by atoms with Gasteiger partial charge >= 0.3 is 11.6 Å². The Morgan fingerprint density at radius 2 is 1.90 bits per heavy atom. The average Bonchev–Trinajstić information content (AvgIpc) is 2.71. The quantitative estimate of drug-likeness (QED) is 0.468. The number of aryl methyl sites for hydroxylation is 1. The van der Waals surface area contributed by atoms with Crippen LogP contribution in [0.25, 0.3) is 11.0 Å². The Labute approximate surface area is 174 Å². The van der Waals surface area contributed by atoms with E-state index in [1.165, 1.54) is 6.07 Å². The van der Waals surface area contributed by atoms with Crippen LogP contribution in [-0.2, 0) is 22.4 Å². The first kappa shape index (κ1) is 20.0. The van der Waals surface area contributed by atoms with E-state index in [9.17, 15) is 9.59 Å². The molecular formula is C24H24O6. The van der Waals surface area contributed by atoms with E-state index >= 15 is 0 Å². The lowest BCUT2D eigenvalue weighted by Gasteiger charge is -2.39. The van der Waals surface area contributed by atoms with Gasteiger partial charge in [0.1, 0.15) is 28.8 Å². The molecule has 6 nitrogen and oxygen atoms in total. The molecule has 156 valence electrons. The van der Waals surface area contributed by atoms with Gasteiger partial charge in [-0.15, -0.1) is 0 Å². The first-order chi connectivity index (χ1) is 14.3. The third-order valence-electron chi connectivity index (χ3n) is 5.41. The van der Waals surface area contributed by atoms with E-state index in [-0.39, 0.29) is 12.4 Å². The van der Waals surface area contributed by atoms with Gasteiger partial charge in [0.05, 0.1) is 7.11 Å². The van der Waals surface area contributed by atoms with Crippen LogP contribution in [-0.4, -0.2) is 24.8 Å². The normalized spacial score (nSPS) is 17.1. The van der Waals surface area contributed by atoms with Crippen molar-refractivity contribution in [2.24, 2.45) is 0 Å². The molecule has 2 aromatic carbocycles. The predicted octanol–water partition coefficient (Wildman–Crippen LogP) is 4.06. The van der Waals surface area contributed by atoms with Crippen LogP contribution in [0.1, 0.15) is 31.4 Å². The standard InChI is InChI=1S/C24H24O6/c1-24(2)21(29-23(26)10-6-15-4-8-18(27-3)9-5-15)13-17-12-16-7-11-22(25)28-19(16)14-20(17)30-24/h4-5,7-9,11-12,14,21H,6,10,13H2,1-3H3/t21-/m0/s1. The van der Waals surface area contributed by atoms with E-state index in [1.807, 2.05) is 44.2 Å². The predicted molar refractivity (Wildman–Crippen MR) is 112 cm³/mol. The average molecular weight is 408 g/mol. The zero-order valence-electron chi connectivity index (χ0n) is 17.3. The number of carbonyl (C=O) groups is 1. The van der Waals surface area contributed by atoms with Crippen molar-refractivity contribution in [3.63, 3.8) is 0 Å². The van der Waals surface area contributed by atoms with E-state index in [2.05, 4.69) is 0 Å². The van der Waals surface area contributed by atoms with Crippen molar-refractivity contribution in [3.8, 4) is 11.5 Å². The summed E-state index contributed by atoms with van der Waals surface area (Å²) in [6.07, 6.45) is 0.999. The Morgan fingerprint density at radius 3 is 2.63 bits per heavy atom. The van der Waals surface area contributed by atoms with E-state index in [0.29, 0.717) is 24.2 Å². The van der Waals surface area contributed by atoms with E-state index in [4.69, 9.17) is 18.6 Å². The molecule has 0 spiro atoms. The number of hydrogen-bond donors (Lipinski definition) is 0. The van der Waals surface area contributed by atoms with Gasteiger partial charge in [-0.25, -0.2) is 4.79 Å². The van der Waals surface area contributed by atoms with Crippen LogP contribution in [0.5, 0.6) is 11.5 Å². The number of rotatable bonds is 5. The molecule has 0 saturated carbocycles. The maximum atomic E-state index is 12.5. The SMILES string of the molecule is COc1ccc(CCC(=O)O[C@H]2Cc3cc4ccc(=O)oc4cc3OC2(C)C)cc1. The fraction of sp³-hybridized carbons (Fsp3) is 0.333. The number of hydrogen-bond acceptors (Lipinski definition) is 6. The zero-order chi connectivity index (χ0) is 21.3. The Morgan fingerprint density at radius 1 is 1.13 bits per heavy atom. The third kappa shape index (κ3) is 4.17. The largest absolute Gasteiger partial charge is 0.497 e. The van der Waals surface area contributed by atoms with E-state index in [1.54, 1.807) is 19.2 Å². The van der Waals surface area contributed by atoms with Crippen LogP contribution >= 0.6 is 0 Å². The highest BCUT2D eigenvalue weighted by Crippen LogP contribution is 2.37. The summed E-state index contributed by atoms with van der Waals surface area (Å²) in [6.45, 7) is 3.78. The molecule has 0 bridgehead atoms. The molecule has 0 saturated heterocycles. The molecule has 4 rings (SSSR count). The molecule has 0 unspecified atom stereocenters. The lowest BCUT2D eigenvalue weighted by molar-refractivity contribution is -0.161. The highest BCUT2D eigenvalue weighted by Gasteiger charge is 2.40. The molecule has 6 heteroatoms. The number of ether oxygens (including phenoxy) is 3. The lowest BCUT2D eigenvalue weighted by Crippen LogP contribution is -2.48. The fourth-order valence-electron chi connectivity index (χ4n) is 3.63. The minimum atomic E-state index is -0.703. The number of carbonyl (C=O) groups excluding carboxylic acids is 1. The Balaban J connectivity index is 1.45. The molecule has 0 radical (unpaired) electrons. The number of benzene rings is 2. The Hall–Kier alpha value is -3.28. The van der Waals surface area contributed by atoms with E-state index < -0.39 is 17.3 Å². The van der Waals surface area contributed by atoms with Crippen LogP contribution in [0.3, 0.4) is 0 Å². The van der Waals surface area contributed by atoms with Crippen molar-refractivity contribution in [2.45, 2.75) is 44.8 Å². The van der Waals surface area contributed by atoms with Gasteiger partial charge in [-0.3, -0.25) is 4.79 Å². The zero-order valence-corrected chi connectivity index (χ0v) is 17.3. The van der Waals surface area contributed by atoms with Crippen LogP contribution in [0.4, 0.5) is 0 Å². The van der Waals surface area contributed by atoms with Crippen molar-refractivity contribution in [1.29, 1.82) is 0 Å². The van der Waals surface area contributed by atoms with Crippen molar-refractivity contribution in [2.75, 3.05) is 7.11 Å². The highest BCUT2D eigenvalue weighted by atomic mass is 16.6. The fourth-order valence-corrected chi connectivity index (χ4v) is 3.63. The summed E-state index contributed by atoms with van der Waals surface area (Å²) in [6, 6.07) is 14.4. The Kier molecular flexibility index (Phi) is 5.24. The molecule has 3 aromatic rings. The molecule has 2 heterocycles. The first-order valence-electron chi connectivity index (χ1n) is 9.92. The second kappa shape index (κ2) is 7.86. The molecule has 1 atom stereocenters. The Bertz CT molecular complexity index is 1130. The van der Waals surface area contributed by atoms with Gasteiger partial charge in [-0.05, 0) is 55.7 Å². The second-order valence-corrected chi connectivity index (χ2v) is 7.99. The number of esters is 1. The van der Waals surface area contributed by atoms with Gasteiger partial charge in [-0.2, -0.15) is 0 Å². The molecule has 1 aliphatic heterocycles. The molecule has 0 amide bonds. The topological polar surface area (TPSA) is 75.0 Å². The highest BCUT2D eigenvalue weighted by molar-refractivity contribution is 5.79. The minimum absolute atomic E-state index is 0.261. The molecule has 0 fully saturated rings. The van der Waals surface area contributed by atoms with Gasteiger partial charge in [0, 0.05) is 30.4 Å². The summed E-state index contributed by atoms with van der Waals surface area (Å²) in [7, 11) is 1.62. The van der Waals surface area contributed by atoms with Gasteiger partial charge in [0.2, 0.25) is 0 Å². The maximum Gasteiger partial charge on any atom is 0.336 e. The number of methoxy groups -OCH3 is 1. The summed E-state index contributed by atoms with van der Waals surface area (Å²) in [5.74, 6) is 1.17. The van der Waals surface area contributed by atoms with Crippen molar-refractivity contribution >= 4 is 16.9 Å². The summed E-state index contributed by atoms with van der Waals surface area (Å²) in [4.78, 5) is 24.0. The maximum absolute atomic E-state index is 12.5. The van der Waals surface area contributed by atoms with Crippen molar-refractivity contribution < 1.29 is 23.4 Å². The van der Waals surface area contributed by atoms with Gasteiger partial charge in [-0.1, -0.05) is 12.1 Å². The van der Waals surface area contributed by atoms with Crippen LogP contribution in [0, 0.1) is 0 Å². The van der Waals surface area contributed by atoms with Gasteiger partial charge in [0.15, 0.2) is 0 Å². The molecule has 1 aliphatic rings. The van der Waals surface area contributed by atoms with Crippen LogP contribution in [0.15, 0.2) is 57.7 Å². The molecular weight excluding hydrogens is 384 g/mol. The smallest absolute Gasteiger partial charge is 0.336 e. The molecule has 0 N–H and O–H groups in total. The summed E-state index contributed by atoms with van der Waals surface area (Å²) in [5.41, 5.74) is 1.34. The second-order valence-electron chi connectivity index (χ2n) is 7.99.